The van der Waals surface area contributed by atoms with Gasteiger partial charge in [0.2, 0.25) is 0 Å². The summed E-state index contributed by atoms with van der Waals surface area (Å²) < 4.78 is 10.4. The van der Waals surface area contributed by atoms with Crippen LogP contribution in [-0.4, -0.2) is 25.3 Å². The number of nitriles is 1. The Balaban J connectivity index is 3.75. The van der Waals surface area contributed by atoms with Crippen molar-refractivity contribution in [1.29, 1.82) is 5.26 Å². The van der Waals surface area contributed by atoms with Gasteiger partial charge in [0.05, 0.1) is 12.7 Å². The van der Waals surface area contributed by atoms with Crippen LogP contribution in [0.5, 0.6) is 0 Å². The molecule has 0 amide bonds. The van der Waals surface area contributed by atoms with Gasteiger partial charge in [0, 0.05) is 0 Å². The second kappa shape index (κ2) is 10.8. The second-order valence-electron chi connectivity index (χ2n) is 4.10. The number of carbonyl (C=O) groups excluding carboxylic acids is 1. The highest BCUT2D eigenvalue weighted by Crippen LogP contribution is 2.04. The molecule has 1 unspecified atom stereocenters. The number of hydrogen-bond donors (Lipinski definition) is 0. The lowest BCUT2D eigenvalue weighted by atomic mass is 10.2. The molecule has 0 heterocycles. The first-order valence-electron chi connectivity index (χ1n) is 6.54. The van der Waals surface area contributed by atoms with E-state index in [1.807, 2.05) is 19.9 Å². The van der Waals surface area contributed by atoms with Crippen LogP contribution in [0.25, 0.3) is 0 Å². The van der Waals surface area contributed by atoms with Crippen LogP contribution >= 0.6 is 0 Å². The number of esters is 1. The maximum absolute atomic E-state index is 11.4. The van der Waals surface area contributed by atoms with Gasteiger partial charge in [0.15, 0.2) is 0 Å². The lowest BCUT2D eigenvalue weighted by Gasteiger charge is -2.12. The molecule has 4 heteroatoms. The van der Waals surface area contributed by atoms with Crippen molar-refractivity contribution in [2.75, 3.05) is 13.2 Å². The fraction of sp³-hybridized carbons (Fsp3) is 0.714. The van der Waals surface area contributed by atoms with Crippen LogP contribution in [0.1, 0.15) is 46.5 Å². The minimum absolute atomic E-state index is 0.0662. The molecule has 0 radical (unpaired) electrons. The van der Waals surface area contributed by atoms with Crippen LogP contribution in [0.3, 0.4) is 0 Å². The summed E-state index contributed by atoms with van der Waals surface area (Å²) in [5.74, 6) is -0.566. The van der Waals surface area contributed by atoms with Gasteiger partial charge < -0.3 is 9.47 Å². The Morgan fingerprint density at radius 3 is 2.67 bits per heavy atom. The standard InChI is InChI=1S/C14H23NO3/c1-4-6-8-12(3)17-9-10-18-14(16)13(11-15)7-5-2/h7,12H,4-6,8-10H2,1-3H3. The zero-order valence-corrected chi connectivity index (χ0v) is 11.6. The topological polar surface area (TPSA) is 59.3 Å². The van der Waals surface area contributed by atoms with E-state index < -0.39 is 5.97 Å². The van der Waals surface area contributed by atoms with E-state index in [1.165, 1.54) is 0 Å². The number of ether oxygens (including phenoxy) is 2. The summed E-state index contributed by atoms with van der Waals surface area (Å²) in [6.45, 7) is 6.58. The van der Waals surface area contributed by atoms with Gasteiger partial charge in [-0.25, -0.2) is 4.79 Å². The molecule has 0 aliphatic rings. The predicted octanol–water partition coefficient (Wildman–Crippen LogP) is 2.98. The van der Waals surface area contributed by atoms with Crippen molar-refractivity contribution in [1.82, 2.24) is 0 Å². The van der Waals surface area contributed by atoms with Crippen molar-refractivity contribution >= 4 is 5.97 Å². The SMILES string of the molecule is CCC=C(C#N)C(=O)OCCOC(C)CCCC. The maximum atomic E-state index is 11.4. The molecule has 102 valence electrons. The summed E-state index contributed by atoms with van der Waals surface area (Å²) in [5, 5.41) is 8.72. The van der Waals surface area contributed by atoms with E-state index in [2.05, 4.69) is 6.92 Å². The Bertz CT molecular complexity index is 305. The molecule has 0 saturated carbocycles. The van der Waals surface area contributed by atoms with Gasteiger partial charge in [0.25, 0.3) is 0 Å². The number of allylic oxidation sites excluding steroid dienone is 1. The summed E-state index contributed by atoms with van der Waals surface area (Å²) in [5.41, 5.74) is 0.0662. The molecule has 0 aliphatic carbocycles. The van der Waals surface area contributed by atoms with E-state index in [0.717, 1.165) is 19.3 Å². The maximum Gasteiger partial charge on any atom is 0.348 e. The first-order chi connectivity index (χ1) is 8.65. The molecule has 0 bridgehead atoms. The quantitative estimate of drug-likeness (QED) is 0.274. The Labute approximate surface area is 110 Å². The normalized spacial score (nSPS) is 12.9. The lowest BCUT2D eigenvalue weighted by Crippen LogP contribution is -2.16. The number of nitrogens with zero attached hydrogens (tertiary/aromatic N) is 1. The molecule has 0 saturated heterocycles. The smallest absolute Gasteiger partial charge is 0.348 e. The van der Waals surface area contributed by atoms with Gasteiger partial charge >= 0.3 is 5.97 Å². The van der Waals surface area contributed by atoms with Crippen LogP contribution in [0, 0.1) is 11.3 Å². The van der Waals surface area contributed by atoms with E-state index in [9.17, 15) is 4.79 Å². The third kappa shape index (κ3) is 7.86. The minimum Gasteiger partial charge on any atom is -0.459 e. The zero-order chi connectivity index (χ0) is 13.8. The van der Waals surface area contributed by atoms with Crippen molar-refractivity contribution in [3.63, 3.8) is 0 Å². The highest BCUT2D eigenvalue weighted by molar-refractivity contribution is 5.92. The van der Waals surface area contributed by atoms with Crippen LogP contribution in [0.4, 0.5) is 0 Å². The van der Waals surface area contributed by atoms with Crippen LogP contribution in [-0.2, 0) is 14.3 Å². The summed E-state index contributed by atoms with van der Waals surface area (Å²) in [4.78, 5) is 11.4. The van der Waals surface area contributed by atoms with Gasteiger partial charge in [0.1, 0.15) is 18.2 Å². The fourth-order valence-electron chi connectivity index (χ4n) is 1.42. The molecule has 0 aromatic heterocycles. The van der Waals surface area contributed by atoms with Crippen LogP contribution in [0.2, 0.25) is 0 Å². The second-order valence-corrected chi connectivity index (χ2v) is 4.10. The average molecular weight is 253 g/mol. The van der Waals surface area contributed by atoms with Crippen molar-refractivity contribution < 1.29 is 14.3 Å². The largest absolute Gasteiger partial charge is 0.459 e. The van der Waals surface area contributed by atoms with E-state index >= 15 is 0 Å². The Kier molecular flexibility index (Phi) is 9.99. The lowest BCUT2D eigenvalue weighted by molar-refractivity contribution is -0.140. The van der Waals surface area contributed by atoms with Gasteiger partial charge in [-0.1, -0.05) is 32.8 Å². The molecule has 18 heavy (non-hydrogen) atoms. The third-order valence-electron chi connectivity index (χ3n) is 2.43. The van der Waals surface area contributed by atoms with E-state index in [1.54, 1.807) is 6.08 Å². The zero-order valence-electron chi connectivity index (χ0n) is 11.6. The number of rotatable bonds is 9. The average Bonchev–Trinajstić information content (AvgIpc) is 2.38. The highest BCUT2D eigenvalue weighted by atomic mass is 16.6. The van der Waals surface area contributed by atoms with Crippen LogP contribution in [0.15, 0.2) is 11.6 Å². The van der Waals surface area contributed by atoms with E-state index in [4.69, 9.17) is 14.7 Å². The Hall–Kier alpha value is -1.34. The molecule has 4 nitrogen and oxygen atoms in total. The molecule has 0 fully saturated rings. The van der Waals surface area contributed by atoms with Crippen molar-refractivity contribution in [2.24, 2.45) is 0 Å². The Morgan fingerprint density at radius 1 is 1.39 bits per heavy atom. The van der Waals surface area contributed by atoms with Gasteiger partial charge in [-0.2, -0.15) is 5.26 Å². The molecular weight excluding hydrogens is 230 g/mol. The third-order valence-corrected chi connectivity index (χ3v) is 2.43. The molecule has 0 spiro atoms. The van der Waals surface area contributed by atoms with Crippen molar-refractivity contribution in [3.8, 4) is 6.07 Å². The van der Waals surface area contributed by atoms with Gasteiger partial charge in [-0.15, -0.1) is 0 Å². The van der Waals surface area contributed by atoms with E-state index in [0.29, 0.717) is 13.0 Å². The van der Waals surface area contributed by atoms with Crippen molar-refractivity contribution in [3.05, 3.63) is 11.6 Å². The molecule has 0 aliphatic heterocycles. The van der Waals surface area contributed by atoms with Gasteiger partial charge in [-0.3, -0.25) is 0 Å². The summed E-state index contributed by atoms with van der Waals surface area (Å²) in [6.07, 6.45) is 5.69. The molecule has 0 N–H and O–H groups in total. The van der Waals surface area contributed by atoms with Crippen LogP contribution < -0.4 is 0 Å². The van der Waals surface area contributed by atoms with Crippen molar-refractivity contribution in [2.45, 2.75) is 52.6 Å². The summed E-state index contributed by atoms with van der Waals surface area (Å²) in [6, 6.07) is 1.83. The monoisotopic (exact) mass is 253 g/mol. The number of hydrogen-bond acceptors (Lipinski definition) is 4. The molecule has 0 rings (SSSR count). The first-order valence-corrected chi connectivity index (χ1v) is 6.54. The number of carbonyl (C=O) groups is 1. The molecule has 0 aromatic rings. The minimum atomic E-state index is -0.566. The molecule has 0 aromatic carbocycles. The molecule has 1 atom stereocenters. The Morgan fingerprint density at radius 2 is 2.11 bits per heavy atom. The number of unbranched alkanes of at least 4 members (excludes halogenated alkanes) is 1. The first kappa shape index (κ1) is 16.7. The molecular formula is C14H23NO3. The fourth-order valence-corrected chi connectivity index (χ4v) is 1.42. The predicted molar refractivity (Wildman–Crippen MR) is 69.9 cm³/mol. The van der Waals surface area contributed by atoms with Gasteiger partial charge in [-0.05, 0) is 19.8 Å². The summed E-state index contributed by atoms with van der Waals surface area (Å²) >= 11 is 0. The highest BCUT2D eigenvalue weighted by Gasteiger charge is 2.09. The van der Waals surface area contributed by atoms with E-state index in [-0.39, 0.29) is 18.3 Å². The summed E-state index contributed by atoms with van der Waals surface area (Å²) in [7, 11) is 0.